The van der Waals surface area contributed by atoms with Crippen LogP contribution in [-0.2, 0) is 14.6 Å². The van der Waals surface area contributed by atoms with Crippen molar-refractivity contribution in [1.29, 1.82) is 0 Å². The highest BCUT2D eigenvalue weighted by atomic mass is 32.2. The minimum atomic E-state index is -3.27. The van der Waals surface area contributed by atoms with E-state index in [2.05, 4.69) is 10.6 Å². The lowest BCUT2D eigenvalue weighted by atomic mass is 10.1. The van der Waals surface area contributed by atoms with Crippen molar-refractivity contribution >= 4 is 27.3 Å². The summed E-state index contributed by atoms with van der Waals surface area (Å²) >= 11 is 0. The van der Waals surface area contributed by atoms with Crippen LogP contribution < -0.4 is 10.6 Å². The topological polar surface area (TPSA) is 92.3 Å². The molecule has 2 aromatic rings. The Labute approximate surface area is 159 Å². The zero-order valence-electron chi connectivity index (χ0n) is 15.7. The van der Waals surface area contributed by atoms with Gasteiger partial charge < -0.3 is 10.6 Å². The van der Waals surface area contributed by atoms with Crippen LogP contribution in [0.1, 0.15) is 27.9 Å². The van der Waals surface area contributed by atoms with Crippen molar-refractivity contribution in [2.75, 3.05) is 17.3 Å². The lowest BCUT2D eigenvalue weighted by Crippen LogP contribution is -2.44. The summed E-state index contributed by atoms with van der Waals surface area (Å²) in [5.41, 5.74) is 2.97. The number of rotatable bonds is 7. The molecule has 0 spiro atoms. The predicted molar refractivity (Wildman–Crippen MR) is 107 cm³/mol. The van der Waals surface area contributed by atoms with Crippen LogP contribution in [0.2, 0.25) is 0 Å². The molecule has 0 aliphatic heterocycles. The van der Waals surface area contributed by atoms with E-state index in [-0.39, 0.29) is 12.2 Å². The molecule has 0 heterocycles. The van der Waals surface area contributed by atoms with Crippen LogP contribution in [0.5, 0.6) is 0 Å². The van der Waals surface area contributed by atoms with Crippen molar-refractivity contribution in [1.82, 2.24) is 5.32 Å². The van der Waals surface area contributed by atoms with E-state index in [4.69, 9.17) is 0 Å². The fraction of sp³-hybridized carbons (Fsp3) is 0.300. The number of sulfone groups is 1. The van der Waals surface area contributed by atoms with E-state index in [0.29, 0.717) is 11.3 Å². The van der Waals surface area contributed by atoms with E-state index < -0.39 is 27.7 Å². The van der Waals surface area contributed by atoms with Crippen molar-refractivity contribution in [3.63, 3.8) is 0 Å². The molecule has 0 aromatic heterocycles. The number of carbonyl (C=O) groups excluding carboxylic acids is 2. The van der Waals surface area contributed by atoms with Gasteiger partial charge in [0, 0.05) is 17.5 Å². The van der Waals surface area contributed by atoms with Crippen LogP contribution in [0.4, 0.5) is 5.69 Å². The first-order valence-electron chi connectivity index (χ1n) is 8.57. The number of benzene rings is 2. The second kappa shape index (κ2) is 8.81. The molecule has 0 aliphatic carbocycles. The molecule has 2 amide bonds. The van der Waals surface area contributed by atoms with Gasteiger partial charge in [-0.25, -0.2) is 8.42 Å². The molecule has 2 aromatic carbocycles. The van der Waals surface area contributed by atoms with Crippen LogP contribution in [0.15, 0.2) is 48.5 Å². The van der Waals surface area contributed by atoms with Crippen molar-refractivity contribution in [2.45, 2.75) is 26.3 Å². The van der Waals surface area contributed by atoms with Crippen molar-refractivity contribution in [2.24, 2.45) is 0 Å². The number of nitrogens with one attached hydrogen (secondary N) is 2. The van der Waals surface area contributed by atoms with Gasteiger partial charge in [-0.1, -0.05) is 35.4 Å². The monoisotopic (exact) mass is 388 g/mol. The average molecular weight is 388 g/mol. The molecule has 0 unspecified atom stereocenters. The number of amides is 2. The Morgan fingerprint density at radius 3 is 2.26 bits per heavy atom. The molecule has 2 rings (SSSR count). The van der Waals surface area contributed by atoms with E-state index in [0.717, 1.165) is 17.4 Å². The maximum absolute atomic E-state index is 12.6. The van der Waals surface area contributed by atoms with E-state index in [9.17, 15) is 18.0 Å². The smallest absolute Gasteiger partial charge is 0.251 e. The first kappa shape index (κ1) is 20.6. The van der Waals surface area contributed by atoms with Gasteiger partial charge >= 0.3 is 0 Å². The van der Waals surface area contributed by atoms with Gasteiger partial charge in [0.15, 0.2) is 0 Å². The molecule has 27 heavy (non-hydrogen) atoms. The molecule has 144 valence electrons. The molecule has 0 saturated heterocycles. The van der Waals surface area contributed by atoms with Gasteiger partial charge in [-0.3, -0.25) is 9.59 Å². The van der Waals surface area contributed by atoms with E-state index in [1.54, 1.807) is 30.3 Å². The Kier molecular flexibility index (Phi) is 6.74. The SMILES string of the molecule is Cc1ccc(NC(=O)[C@@H](CCS(C)(=O)=O)NC(=O)c2cccc(C)c2)cc1. The summed E-state index contributed by atoms with van der Waals surface area (Å²) in [6.07, 6.45) is 1.10. The molecule has 7 heteroatoms. The van der Waals surface area contributed by atoms with Crippen molar-refractivity contribution < 1.29 is 18.0 Å². The van der Waals surface area contributed by atoms with E-state index in [1.165, 1.54) is 0 Å². The highest BCUT2D eigenvalue weighted by Gasteiger charge is 2.23. The average Bonchev–Trinajstić information content (AvgIpc) is 2.59. The van der Waals surface area contributed by atoms with Gasteiger partial charge in [0.05, 0.1) is 5.75 Å². The molecule has 0 radical (unpaired) electrons. The van der Waals surface area contributed by atoms with Crippen LogP contribution in [0.25, 0.3) is 0 Å². The van der Waals surface area contributed by atoms with E-state index >= 15 is 0 Å². The van der Waals surface area contributed by atoms with Gasteiger partial charge in [0.1, 0.15) is 15.9 Å². The molecule has 6 nitrogen and oxygen atoms in total. The zero-order chi connectivity index (χ0) is 20.0. The van der Waals surface area contributed by atoms with Gasteiger partial charge in [-0.2, -0.15) is 0 Å². The second-order valence-corrected chi connectivity index (χ2v) is 8.93. The van der Waals surface area contributed by atoms with Gasteiger partial charge in [0.2, 0.25) is 5.91 Å². The van der Waals surface area contributed by atoms with Crippen LogP contribution in [-0.4, -0.2) is 38.3 Å². The fourth-order valence-electron chi connectivity index (χ4n) is 2.49. The summed E-state index contributed by atoms with van der Waals surface area (Å²) in [4.78, 5) is 25.1. The van der Waals surface area contributed by atoms with Crippen molar-refractivity contribution in [3.05, 3.63) is 65.2 Å². The Balaban J connectivity index is 2.15. The maximum Gasteiger partial charge on any atom is 0.251 e. The first-order chi connectivity index (χ1) is 12.6. The van der Waals surface area contributed by atoms with Gasteiger partial charge in [0.25, 0.3) is 5.91 Å². The molecule has 0 fully saturated rings. The summed E-state index contributed by atoms with van der Waals surface area (Å²) in [5, 5.41) is 5.37. The Hall–Kier alpha value is -2.67. The second-order valence-electron chi connectivity index (χ2n) is 6.67. The largest absolute Gasteiger partial charge is 0.340 e. The number of hydrogen-bond acceptors (Lipinski definition) is 4. The van der Waals surface area contributed by atoms with Crippen LogP contribution >= 0.6 is 0 Å². The standard InChI is InChI=1S/C20H24N2O4S/c1-14-7-9-17(10-8-14)21-20(24)18(11-12-27(3,25)26)22-19(23)16-6-4-5-15(2)13-16/h4-10,13,18H,11-12H2,1-3H3,(H,21,24)(H,22,23)/t18-/m1/s1. The van der Waals surface area contributed by atoms with Gasteiger partial charge in [-0.15, -0.1) is 0 Å². The third-order valence-electron chi connectivity index (χ3n) is 4.00. The lowest BCUT2D eigenvalue weighted by Gasteiger charge is -2.18. The maximum atomic E-state index is 12.6. The highest BCUT2D eigenvalue weighted by Crippen LogP contribution is 2.11. The summed E-state index contributed by atoms with van der Waals surface area (Å²) in [6, 6.07) is 13.2. The fourth-order valence-corrected chi connectivity index (χ4v) is 3.16. The van der Waals surface area contributed by atoms with Crippen LogP contribution in [0.3, 0.4) is 0 Å². The molecule has 2 N–H and O–H groups in total. The predicted octanol–water partition coefficient (Wildman–Crippen LogP) is 2.48. The molecule has 0 saturated carbocycles. The number of carbonyl (C=O) groups is 2. The molecule has 0 aliphatic rings. The number of hydrogen-bond donors (Lipinski definition) is 2. The Morgan fingerprint density at radius 1 is 1.00 bits per heavy atom. The number of aryl methyl sites for hydroxylation is 2. The minimum absolute atomic E-state index is 0.00587. The third kappa shape index (κ3) is 6.86. The quantitative estimate of drug-likeness (QED) is 0.762. The van der Waals surface area contributed by atoms with E-state index in [1.807, 2.05) is 32.0 Å². The summed E-state index contributed by atoms with van der Waals surface area (Å²) < 4.78 is 23.0. The molecule has 1 atom stereocenters. The Morgan fingerprint density at radius 2 is 1.67 bits per heavy atom. The third-order valence-corrected chi connectivity index (χ3v) is 4.98. The molecular weight excluding hydrogens is 364 g/mol. The summed E-state index contributed by atoms with van der Waals surface area (Å²) in [7, 11) is -3.27. The minimum Gasteiger partial charge on any atom is -0.340 e. The molecule has 0 bridgehead atoms. The van der Waals surface area contributed by atoms with Crippen LogP contribution in [0, 0.1) is 13.8 Å². The highest BCUT2D eigenvalue weighted by molar-refractivity contribution is 7.90. The first-order valence-corrected chi connectivity index (χ1v) is 10.6. The molecular formula is C20H24N2O4S. The lowest BCUT2D eigenvalue weighted by molar-refractivity contribution is -0.118. The number of anilines is 1. The van der Waals surface area contributed by atoms with Gasteiger partial charge in [-0.05, 0) is 44.5 Å². The summed E-state index contributed by atoms with van der Waals surface area (Å²) in [5.74, 6) is -1.08. The van der Waals surface area contributed by atoms with Crippen molar-refractivity contribution in [3.8, 4) is 0 Å². The normalized spacial score (nSPS) is 12.3. The zero-order valence-corrected chi connectivity index (χ0v) is 16.5. The summed E-state index contributed by atoms with van der Waals surface area (Å²) in [6.45, 7) is 3.80. The Bertz CT molecular complexity index is 921.